The molecule has 122 valence electrons. The Kier molecular flexibility index (Phi) is 6.06. The van der Waals surface area contributed by atoms with E-state index in [-0.39, 0.29) is 11.3 Å². The maximum atomic E-state index is 12.5. The van der Waals surface area contributed by atoms with Crippen molar-refractivity contribution in [3.05, 3.63) is 0 Å². The van der Waals surface area contributed by atoms with Crippen molar-refractivity contribution in [2.24, 2.45) is 17.3 Å². The van der Waals surface area contributed by atoms with Gasteiger partial charge in [-0.15, -0.1) is 0 Å². The van der Waals surface area contributed by atoms with Crippen LogP contribution in [0.2, 0.25) is 0 Å². The summed E-state index contributed by atoms with van der Waals surface area (Å²) in [5.41, 5.74) is -0.250. The normalized spacial score (nSPS) is 25.8. The molecule has 0 radical (unpaired) electrons. The molecule has 1 unspecified atom stereocenters. The van der Waals surface area contributed by atoms with E-state index in [0.29, 0.717) is 5.92 Å². The first-order chi connectivity index (χ1) is 10.00. The second kappa shape index (κ2) is 7.59. The monoisotopic (exact) mass is 295 g/mol. The van der Waals surface area contributed by atoms with E-state index in [9.17, 15) is 4.79 Å². The van der Waals surface area contributed by atoms with Crippen molar-refractivity contribution in [1.82, 2.24) is 15.5 Å². The molecule has 0 aromatic carbocycles. The van der Waals surface area contributed by atoms with Crippen LogP contribution in [0.25, 0.3) is 0 Å². The van der Waals surface area contributed by atoms with E-state index < -0.39 is 0 Å². The Balaban J connectivity index is 1.70. The van der Waals surface area contributed by atoms with Crippen LogP contribution < -0.4 is 10.6 Å². The lowest BCUT2D eigenvalue weighted by atomic mass is 9.74. The average molecular weight is 295 g/mol. The second-order valence-electron chi connectivity index (χ2n) is 7.56. The van der Waals surface area contributed by atoms with Crippen LogP contribution in [-0.2, 0) is 4.79 Å². The lowest BCUT2D eigenvalue weighted by molar-refractivity contribution is -0.132. The highest BCUT2D eigenvalue weighted by molar-refractivity contribution is 5.82. The molecule has 21 heavy (non-hydrogen) atoms. The maximum absolute atomic E-state index is 12.5. The number of carbonyl (C=O) groups excluding carboxylic acids is 1. The van der Waals surface area contributed by atoms with Crippen LogP contribution in [0.5, 0.6) is 0 Å². The molecule has 0 aromatic rings. The Morgan fingerprint density at radius 1 is 1.29 bits per heavy atom. The van der Waals surface area contributed by atoms with Gasteiger partial charge in [-0.1, -0.05) is 13.8 Å². The van der Waals surface area contributed by atoms with Crippen LogP contribution in [0.3, 0.4) is 0 Å². The highest BCUT2D eigenvalue weighted by Gasteiger charge is 2.37. The molecule has 1 atom stereocenters. The van der Waals surface area contributed by atoms with E-state index in [1.165, 1.54) is 38.8 Å². The van der Waals surface area contributed by atoms with E-state index in [2.05, 4.69) is 36.4 Å². The SMILES string of the molecule is CN1CCC(CCNC(=O)C(C)(C)C2CCCNC2)CC1. The fraction of sp³-hybridized carbons (Fsp3) is 0.941. The standard InChI is InChI=1S/C17H33N3O/c1-17(2,15-5-4-9-18-13-15)16(21)19-10-6-14-7-11-20(3)12-8-14/h14-15,18H,4-13H2,1-3H3,(H,19,21). The van der Waals surface area contributed by atoms with Gasteiger partial charge in [-0.2, -0.15) is 0 Å². The minimum atomic E-state index is -0.250. The summed E-state index contributed by atoms with van der Waals surface area (Å²) in [5, 5.41) is 6.62. The van der Waals surface area contributed by atoms with E-state index in [1.54, 1.807) is 0 Å². The maximum Gasteiger partial charge on any atom is 0.225 e. The number of rotatable bonds is 5. The van der Waals surface area contributed by atoms with Crippen molar-refractivity contribution in [2.75, 3.05) is 39.8 Å². The van der Waals surface area contributed by atoms with Crippen molar-refractivity contribution < 1.29 is 4.79 Å². The first-order valence-electron chi connectivity index (χ1n) is 8.67. The van der Waals surface area contributed by atoms with Gasteiger partial charge in [0.2, 0.25) is 5.91 Å². The fourth-order valence-corrected chi connectivity index (χ4v) is 3.62. The van der Waals surface area contributed by atoms with Crippen LogP contribution in [0, 0.1) is 17.3 Å². The molecule has 0 bridgehead atoms. The minimum absolute atomic E-state index is 0.240. The number of piperidine rings is 2. The zero-order valence-corrected chi connectivity index (χ0v) is 14.1. The van der Waals surface area contributed by atoms with Gasteiger partial charge in [0.1, 0.15) is 0 Å². The number of carbonyl (C=O) groups is 1. The molecular formula is C17H33N3O. The number of nitrogens with one attached hydrogen (secondary N) is 2. The summed E-state index contributed by atoms with van der Waals surface area (Å²) < 4.78 is 0. The molecule has 0 spiro atoms. The third-order valence-corrected chi connectivity index (χ3v) is 5.58. The van der Waals surface area contributed by atoms with Gasteiger partial charge in [-0.3, -0.25) is 4.79 Å². The molecule has 4 heteroatoms. The molecule has 2 heterocycles. The first kappa shape index (κ1) is 16.8. The summed E-state index contributed by atoms with van der Waals surface area (Å²) in [7, 11) is 2.19. The number of nitrogens with zero attached hydrogens (tertiary/aromatic N) is 1. The molecule has 2 N–H and O–H groups in total. The van der Waals surface area contributed by atoms with Gasteiger partial charge < -0.3 is 15.5 Å². The van der Waals surface area contributed by atoms with Crippen molar-refractivity contribution in [3.63, 3.8) is 0 Å². The van der Waals surface area contributed by atoms with Gasteiger partial charge in [0.15, 0.2) is 0 Å². The molecule has 0 saturated carbocycles. The molecule has 0 aromatic heterocycles. The van der Waals surface area contributed by atoms with Crippen LogP contribution in [0.4, 0.5) is 0 Å². The van der Waals surface area contributed by atoms with E-state index >= 15 is 0 Å². The second-order valence-corrected chi connectivity index (χ2v) is 7.56. The number of amides is 1. The first-order valence-corrected chi connectivity index (χ1v) is 8.67. The topological polar surface area (TPSA) is 44.4 Å². The smallest absolute Gasteiger partial charge is 0.225 e. The summed E-state index contributed by atoms with van der Waals surface area (Å²) in [5.74, 6) is 1.50. The van der Waals surface area contributed by atoms with Crippen LogP contribution in [0.1, 0.15) is 46.0 Å². The fourth-order valence-electron chi connectivity index (χ4n) is 3.62. The van der Waals surface area contributed by atoms with Crippen molar-refractivity contribution in [2.45, 2.75) is 46.0 Å². The van der Waals surface area contributed by atoms with Gasteiger partial charge >= 0.3 is 0 Å². The van der Waals surface area contributed by atoms with Gasteiger partial charge in [0.05, 0.1) is 0 Å². The lowest BCUT2D eigenvalue weighted by Crippen LogP contribution is -2.47. The van der Waals surface area contributed by atoms with Gasteiger partial charge in [-0.25, -0.2) is 0 Å². The highest BCUT2D eigenvalue weighted by Crippen LogP contribution is 2.32. The quantitative estimate of drug-likeness (QED) is 0.814. The summed E-state index contributed by atoms with van der Waals surface area (Å²) in [6.45, 7) is 9.55. The molecule has 2 saturated heterocycles. The summed E-state index contributed by atoms with van der Waals surface area (Å²) >= 11 is 0. The zero-order chi connectivity index (χ0) is 15.3. The van der Waals surface area contributed by atoms with Crippen LogP contribution in [0.15, 0.2) is 0 Å². The zero-order valence-electron chi connectivity index (χ0n) is 14.1. The van der Waals surface area contributed by atoms with Gasteiger partial charge in [0, 0.05) is 12.0 Å². The molecular weight excluding hydrogens is 262 g/mol. The highest BCUT2D eigenvalue weighted by atomic mass is 16.2. The van der Waals surface area contributed by atoms with Crippen molar-refractivity contribution in [1.29, 1.82) is 0 Å². The predicted octanol–water partition coefficient (Wildman–Crippen LogP) is 1.86. The third kappa shape index (κ3) is 4.68. The average Bonchev–Trinajstić information content (AvgIpc) is 2.50. The Hall–Kier alpha value is -0.610. The molecule has 4 nitrogen and oxygen atoms in total. The van der Waals surface area contributed by atoms with E-state index in [4.69, 9.17) is 0 Å². The number of likely N-dealkylation sites (tertiary alicyclic amines) is 1. The lowest BCUT2D eigenvalue weighted by Gasteiger charge is -2.36. The molecule has 2 aliphatic rings. The van der Waals surface area contributed by atoms with Crippen molar-refractivity contribution >= 4 is 5.91 Å². The number of hydrogen-bond acceptors (Lipinski definition) is 3. The Labute approximate surface area is 130 Å². The van der Waals surface area contributed by atoms with Gasteiger partial charge in [0.25, 0.3) is 0 Å². The Morgan fingerprint density at radius 2 is 2.00 bits per heavy atom. The largest absolute Gasteiger partial charge is 0.356 e. The Morgan fingerprint density at radius 3 is 2.62 bits per heavy atom. The van der Waals surface area contributed by atoms with E-state index in [1.807, 2.05) is 0 Å². The predicted molar refractivity (Wildman–Crippen MR) is 87.2 cm³/mol. The van der Waals surface area contributed by atoms with Crippen LogP contribution in [-0.4, -0.2) is 50.6 Å². The van der Waals surface area contributed by atoms with Crippen LogP contribution >= 0.6 is 0 Å². The summed E-state index contributed by atoms with van der Waals surface area (Å²) in [4.78, 5) is 14.9. The Bertz CT molecular complexity index is 329. The van der Waals surface area contributed by atoms with E-state index in [0.717, 1.165) is 32.0 Å². The molecule has 2 fully saturated rings. The van der Waals surface area contributed by atoms with Crippen molar-refractivity contribution in [3.8, 4) is 0 Å². The molecule has 2 rings (SSSR count). The molecule has 2 aliphatic heterocycles. The number of hydrogen-bond donors (Lipinski definition) is 2. The molecule has 1 amide bonds. The minimum Gasteiger partial charge on any atom is -0.356 e. The summed E-state index contributed by atoms with van der Waals surface area (Å²) in [6.07, 6.45) is 6.06. The van der Waals surface area contributed by atoms with Gasteiger partial charge in [-0.05, 0) is 77.2 Å². The molecule has 0 aliphatic carbocycles. The third-order valence-electron chi connectivity index (χ3n) is 5.58. The summed E-state index contributed by atoms with van der Waals surface area (Å²) in [6, 6.07) is 0.